The molecule has 1 saturated carbocycles. The zero-order chi connectivity index (χ0) is 16.4. The Hall–Kier alpha value is -1.77. The van der Waals surface area contributed by atoms with Crippen LogP contribution >= 0.6 is 11.6 Å². The summed E-state index contributed by atoms with van der Waals surface area (Å²) in [6.07, 6.45) is 7.79. The molecule has 0 unspecified atom stereocenters. The Balaban J connectivity index is 1.62. The van der Waals surface area contributed by atoms with Crippen LogP contribution in [0.1, 0.15) is 37.7 Å². The van der Waals surface area contributed by atoms with E-state index >= 15 is 0 Å². The van der Waals surface area contributed by atoms with Crippen molar-refractivity contribution in [2.45, 2.75) is 37.9 Å². The molecule has 1 spiro atoms. The molecule has 0 bridgehead atoms. The van der Waals surface area contributed by atoms with E-state index in [0.29, 0.717) is 6.61 Å². The van der Waals surface area contributed by atoms with Gasteiger partial charge in [-0.15, -0.1) is 0 Å². The van der Waals surface area contributed by atoms with E-state index in [0.717, 1.165) is 34.8 Å². The summed E-state index contributed by atoms with van der Waals surface area (Å²) in [6.45, 7) is 0.564. The van der Waals surface area contributed by atoms with Gasteiger partial charge in [0.1, 0.15) is 12.4 Å². The van der Waals surface area contributed by atoms with Gasteiger partial charge in [-0.3, -0.25) is 0 Å². The lowest BCUT2D eigenvalue weighted by atomic mass is 9.94. The molecule has 3 heteroatoms. The fraction of sp³-hybridized carbons (Fsp3) is 0.333. The van der Waals surface area contributed by atoms with Crippen LogP contribution in [0, 0.1) is 0 Å². The first-order valence-corrected chi connectivity index (χ1v) is 9.00. The SMILES string of the molecule is Clc1ccc(-c2ccccc2C=C2COC3(CCCCC3)O2)cc1. The average Bonchev–Trinajstić information content (AvgIpc) is 2.99. The molecular formula is C21H21ClO2. The molecule has 2 aromatic carbocycles. The molecule has 1 aliphatic heterocycles. The second-order valence-corrected chi connectivity index (χ2v) is 7.00. The molecule has 0 aromatic heterocycles. The fourth-order valence-electron chi connectivity index (χ4n) is 3.60. The largest absolute Gasteiger partial charge is 0.464 e. The fourth-order valence-corrected chi connectivity index (χ4v) is 3.72. The Bertz CT molecular complexity index is 743. The van der Waals surface area contributed by atoms with Crippen molar-refractivity contribution in [3.8, 4) is 11.1 Å². The topological polar surface area (TPSA) is 18.5 Å². The van der Waals surface area contributed by atoms with Gasteiger partial charge in [-0.2, -0.15) is 0 Å². The van der Waals surface area contributed by atoms with E-state index in [2.05, 4.69) is 30.3 Å². The molecule has 1 aliphatic carbocycles. The first kappa shape index (κ1) is 15.7. The Labute approximate surface area is 148 Å². The van der Waals surface area contributed by atoms with E-state index in [9.17, 15) is 0 Å². The third kappa shape index (κ3) is 3.22. The van der Waals surface area contributed by atoms with E-state index in [1.54, 1.807) is 0 Å². The standard InChI is InChI=1S/C21H21ClO2/c22-18-10-8-16(9-11-18)20-7-3-2-6-17(20)14-19-15-23-21(24-19)12-4-1-5-13-21/h2-3,6-11,14H,1,4-5,12-13,15H2. The summed E-state index contributed by atoms with van der Waals surface area (Å²) < 4.78 is 12.2. The Kier molecular flexibility index (Phi) is 4.34. The second-order valence-electron chi connectivity index (χ2n) is 6.57. The van der Waals surface area contributed by atoms with Gasteiger partial charge in [-0.05, 0) is 47.7 Å². The highest BCUT2D eigenvalue weighted by Crippen LogP contribution is 2.40. The van der Waals surface area contributed by atoms with E-state index in [4.69, 9.17) is 21.1 Å². The lowest BCUT2D eigenvalue weighted by molar-refractivity contribution is -0.168. The van der Waals surface area contributed by atoms with E-state index in [1.807, 2.05) is 24.3 Å². The number of hydrogen-bond acceptors (Lipinski definition) is 2. The van der Waals surface area contributed by atoms with Gasteiger partial charge in [-0.1, -0.05) is 54.4 Å². The molecule has 124 valence electrons. The molecule has 2 aromatic rings. The quantitative estimate of drug-likeness (QED) is 0.662. The van der Waals surface area contributed by atoms with Crippen molar-refractivity contribution in [1.29, 1.82) is 0 Å². The van der Waals surface area contributed by atoms with Crippen molar-refractivity contribution < 1.29 is 9.47 Å². The van der Waals surface area contributed by atoms with Crippen LogP contribution in [0.2, 0.25) is 5.02 Å². The monoisotopic (exact) mass is 340 g/mol. The Morgan fingerprint density at radius 2 is 1.67 bits per heavy atom. The highest BCUT2D eigenvalue weighted by molar-refractivity contribution is 6.30. The molecule has 2 fully saturated rings. The predicted octanol–water partition coefficient (Wildman–Crippen LogP) is 6.06. The first-order chi connectivity index (χ1) is 11.7. The lowest BCUT2D eigenvalue weighted by Gasteiger charge is -2.30. The normalized spacial score (nSPS) is 21.1. The minimum atomic E-state index is -0.362. The van der Waals surface area contributed by atoms with Gasteiger partial charge < -0.3 is 9.47 Å². The van der Waals surface area contributed by atoms with Crippen LogP contribution in [0.4, 0.5) is 0 Å². The predicted molar refractivity (Wildman–Crippen MR) is 97.7 cm³/mol. The van der Waals surface area contributed by atoms with Crippen LogP contribution in [0.5, 0.6) is 0 Å². The lowest BCUT2D eigenvalue weighted by Crippen LogP contribution is -2.32. The van der Waals surface area contributed by atoms with Gasteiger partial charge in [-0.25, -0.2) is 0 Å². The maximum Gasteiger partial charge on any atom is 0.210 e. The number of benzene rings is 2. The Morgan fingerprint density at radius 1 is 0.917 bits per heavy atom. The number of hydrogen-bond donors (Lipinski definition) is 0. The molecule has 1 saturated heterocycles. The van der Waals surface area contributed by atoms with Gasteiger partial charge in [0.05, 0.1) is 0 Å². The van der Waals surface area contributed by atoms with Crippen LogP contribution in [0.15, 0.2) is 54.3 Å². The van der Waals surface area contributed by atoms with Crippen LogP contribution in [0.25, 0.3) is 17.2 Å². The third-order valence-electron chi connectivity index (χ3n) is 4.84. The maximum absolute atomic E-state index is 6.22. The molecule has 0 N–H and O–H groups in total. The minimum absolute atomic E-state index is 0.362. The Morgan fingerprint density at radius 3 is 2.46 bits per heavy atom. The minimum Gasteiger partial charge on any atom is -0.464 e. The summed E-state index contributed by atoms with van der Waals surface area (Å²) >= 11 is 6.01. The number of ether oxygens (including phenoxy) is 2. The number of halogens is 1. The van der Waals surface area contributed by atoms with Crippen LogP contribution in [0.3, 0.4) is 0 Å². The third-order valence-corrected chi connectivity index (χ3v) is 5.09. The summed E-state index contributed by atoms with van der Waals surface area (Å²) in [7, 11) is 0. The second kappa shape index (κ2) is 6.62. The van der Waals surface area contributed by atoms with Gasteiger partial charge in [0.25, 0.3) is 0 Å². The zero-order valence-corrected chi connectivity index (χ0v) is 14.4. The zero-order valence-electron chi connectivity index (χ0n) is 13.6. The molecule has 24 heavy (non-hydrogen) atoms. The van der Waals surface area contributed by atoms with Crippen molar-refractivity contribution in [1.82, 2.24) is 0 Å². The molecule has 0 atom stereocenters. The molecule has 1 heterocycles. The average molecular weight is 341 g/mol. The van der Waals surface area contributed by atoms with Gasteiger partial charge in [0, 0.05) is 17.9 Å². The van der Waals surface area contributed by atoms with Crippen LogP contribution < -0.4 is 0 Å². The van der Waals surface area contributed by atoms with E-state index < -0.39 is 0 Å². The molecular weight excluding hydrogens is 320 g/mol. The van der Waals surface area contributed by atoms with E-state index in [-0.39, 0.29) is 5.79 Å². The molecule has 4 rings (SSSR count). The van der Waals surface area contributed by atoms with Crippen molar-refractivity contribution in [2.75, 3.05) is 6.61 Å². The van der Waals surface area contributed by atoms with Crippen LogP contribution in [-0.2, 0) is 9.47 Å². The summed E-state index contributed by atoms with van der Waals surface area (Å²) in [4.78, 5) is 0. The van der Waals surface area contributed by atoms with Gasteiger partial charge in [0.15, 0.2) is 0 Å². The van der Waals surface area contributed by atoms with Crippen LogP contribution in [-0.4, -0.2) is 12.4 Å². The van der Waals surface area contributed by atoms with Crippen molar-refractivity contribution in [3.63, 3.8) is 0 Å². The highest BCUT2D eigenvalue weighted by atomic mass is 35.5. The smallest absolute Gasteiger partial charge is 0.210 e. The van der Waals surface area contributed by atoms with Gasteiger partial charge in [0.2, 0.25) is 5.79 Å². The highest BCUT2D eigenvalue weighted by Gasteiger charge is 2.40. The van der Waals surface area contributed by atoms with E-state index in [1.165, 1.54) is 24.8 Å². The summed E-state index contributed by atoms with van der Waals surface area (Å²) in [5.74, 6) is 0.567. The summed E-state index contributed by atoms with van der Waals surface area (Å²) in [5, 5.41) is 0.751. The van der Waals surface area contributed by atoms with Crippen molar-refractivity contribution in [2.24, 2.45) is 0 Å². The number of rotatable bonds is 2. The van der Waals surface area contributed by atoms with Crippen molar-refractivity contribution >= 4 is 17.7 Å². The molecule has 0 radical (unpaired) electrons. The van der Waals surface area contributed by atoms with Crippen molar-refractivity contribution in [3.05, 3.63) is 64.9 Å². The summed E-state index contributed by atoms with van der Waals surface area (Å²) in [6, 6.07) is 16.3. The molecule has 2 aliphatic rings. The van der Waals surface area contributed by atoms with Gasteiger partial charge >= 0.3 is 0 Å². The first-order valence-electron chi connectivity index (χ1n) is 8.63. The molecule has 2 nitrogen and oxygen atoms in total. The maximum atomic E-state index is 6.22. The molecule has 0 amide bonds. The summed E-state index contributed by atoms with van der Waals surface area (Å²) in [5.41, 5.74) is 3.47.